The minimum absolute atomic E-state index is 0.539. The summed E-state index contributed by atoms with van der Waals surface area (Å²) in [6, 6.07) is 7.95. The fraction of sp³-hybridized carbons (Fsp3) is 0.286. The van der Waals surface area contributed by atoms with E-state index in [2.05, 4.69) is 9.88 Å². The first-order valence-electron chi connectivity index (χ1n) is 6.47. The maximum Gasteiger partial charge on any atom is 0.407 e. The van der Waals surface area contributed by atoms with Crippen molar-refractivity contribution in [1.29, 1.82) is 0 Å². The molecule has 20 heavy (non-hydrogen) atoms. The van der Waals surface area contributed by atoms with Gasteiger partial charge in [-0.3, -0.25) is 0 Å². The lowest BCUT2D eigenvalue weighted by molar-refractivity contribution is 0.142. The number of carboxylic acid groups (broad SMARTS) is 1. The second-order valence-corrected chi connectivity index (χ2v) is 4.64. The van der Waals surface area contributed by atoms with Crippen LogP contribution >= 0.6 is 0 Å². The average Bonchev–Trinajstić information content (AvgIpc) is 3.02. The first-order chi connectivity index (χ1) is 9.74. The number of oxazole rings is 1. The third kappa shape index (κ3) is 2.45. The van der Waals surface area contributed by atoms with Crippen molar-refractivity contribution >= 4 is 11.8 Å². The predicted molar refractivity (Wildman–Crippen MR) is 73.7 cm³/mol. The van der Waals surface area contributed by atoms with Gasteiger partial charge in [0, 0.05) is 37.4 Å². The van der Waals surface area contributed by atoms with E-state index in [1.54, 1.807) is 12.5 Å². The quantitative estimate of drug-likeness (QED) is 0.907. The van der Waals surface area contributed by atoms with E-state index in [9.17, 15) is 4.79 Å². The van der Waals surface area contributed by atoms with Gasteiger partial charge in [-0.2, -0.15) is 0 Å². The summed E-state index contributed by atoms with van der Waals surface area (Å²) in [5, 5.41) is 8.93. The molecule has 0 radical (unpaired) electrons. The number of hydrogen-bond donors (Lipinski definition) is 1. The van der Waals surface area contributed by atoms with Gasteiger partial charge in [0.2, 0.25) is 5.89 Å². The molecule has 104 valence electrons. The molecule has 1 aliphatic heterocycles. The molecule has 1 aliphatic rings. The van der Waals surface area contributed by atoms with E-state index in [1.807, 2.05) is 24.3 Å². The topological polar surface area (TPSA) is 69.8 Å². The Kier molecular flexibility index (Phi) is 3.28. The van der Waals surface area contributed by atoms with E-state index in [1.165, 1.54) is 4.90 Å². The summed E-state index contributed by atoms with van der Waals surface area (Å²) in [5.74, 6) is 0.604. The van der Waals surface area contributed by atoms with Gasteiger partial charge in [-0.25, -0.2) is 9.78 Å². The van der Waals surface area contributed by atoms with Crippen LogP contribution in [0, 0.1) is 0 Å². The number of anilines is 1. The summed E-state index contributed by atoms with van der Waals surface area (Å²) in [6.07, 6.45) is 2.33. The van der Waals surface area contributed by atoms with E-state index < -0.39 is 6.09 Å². The van der Waals surface area contributed by atoms with Crippen LogP contribution in [-0.4, -0.2) is 47.3 Å². The molecule has 1 fully saturated rings. The molecule has 1 saturated heterocycles. The van der Waals surface area contributed by atoms with Crippen LogP contribution in [0.1, 0.15) is 0 Å². The number of aromatic nitrogens is 1. The van der Waals surface area contributed by atoms with Crippen molar-refractivity contribution in [3.05, 3.63) is 36.7 Å². The number of amides is 1. The first kappa shape index (κ1) is 12.5. The van der Waals surface area contributed by atoms with Crippen LogP contribution < -0.4 is 4.90 Å². The monoisotopic (exact) mass is 273 g/mol. The van der Waals surface area contributed by atoms with Crippen molar-refractivity contribution in [2.24, 2.45) is 0 Å². The van der Waals surface area contributed by atoms with Gasteiger partial charge in [0.1, 0.15) is 6.26 Å². The number of piperazine rings is 1. The van der Waals surface area contributed by atoms with E-state index in [-0.39, 0.29) is 0 Å². The van der Waals surface area contributed by atoms with Crippen LogP contribution in [0.15, 0.2) is 41.1 Å². The molecule has 0 atom stereocenters. The molecule has 6 nitrogen and oxygen atoms in total. The highest BCUT2D eigenvalue weighted by molar-refractivity contribution is 5.66. The minimum Gasteiger partial charge on any atom is -0.465 e. The number of carbonyl (C=O) groups is 1. The average molecular weight is 273 g/mol. The summed E-state index contributed by atoms with van der Waals surface area (Å²) >= 11 is 0. The zero-order valence-corrected chi connectivity index (χ0v) is 10.9. The van der Waals surface area contributed by atoms with Gasteiger partial charge in [0.25, 0.3) is 0 Å². The van der Waals surface area contributed by atoms with Crippen LogP contribution in [0.3, 0.4) is 0 Å². The van der Waals surface area contributed by atoms with Crippen molar-refractivity contribution in [3.8, 4) is 11.5 Å². The zero-order valence-electron chi connectivity index (χ0n) is 10.9. The normalized spacial score (nSPS) is 15.4. The molecule has 1 N–H and O–H groups in total. The summed E-state index contributed by atoms with van der Waals surface area (Å²) in [5.41, 5.74) is 2.02. The van der Waals surface area contributed by atoms with Crippen LogP contribution in [0.4, 0.5) is 10.5 Å². The van der Waals surface area contributed by atoms with Crippen molar-refractivity contribution < 1.29 is 14.3 Å². The molecule has 1 amide bonds. The van der Waals surface area contributed by atoms with Crippen molar-refractivity contribution in [3.63, 3.8) is 0 Å². The first-order valence-corrected chi connectivity index (χ1v) is 6.47. The van der Waals surface area contributed by atoms with Gasteiger partial charge in [-0.1, -0.05) is 0 Å². The molecule has 1 aromatic carbocycles. The summed E-state index contributed by atoms with van der Waals surface area (Å²) in [7, 11) is 0. The number of benzene rings is 1. The lowest BCUT2D eigenvalue weighted by Crippen LogP contribution is -2.48. The number of hydrogen-bond acceptors (Lipinski definition) is 4. The highest BCUT2D eigenvalue weighted by Crippen LogP contribution is 2.22. The second kappa shape index (κ2) is 5.24. The van der Waals surface area contributed by atoms with Gasteiger partial charge in [0.05, 0.1) is 6.20 Å². The van der Waals surface area contributed by atoms with E-state index in [0.717, 1.165) is 11.3 Å². The van der Waals surface area contributed by atoms with E-state index in [0.29, 0.717) is 32.1 Å². The molecule has 0 saturated carbocycles. The fourth-order valence-electron chi connectivity index (χ4n) is 2.34. The Bertz CT molecular complexity index is 572. The number of nitrogens with zero attached hydrogens (tertiary/aromatic N) is 3. The van der Waals surface area contributed by atoms with Crippen molar-refractivity contribution in [1.82, 2.24) is 9.88 Å². The SMILES string of the molecule is O=C(O)N1CCN(c2ccc(-c3ncco3)cc2)CC1. The molecule has 0 aliphatic carbocycles. The Hall–Kier alpha value is -2.50. The standard InChI is InChI=1S/C14H15N3O3/c18-14(19)17-8-6-16(7-9-17)12-3-1-11(2-4-12)13-15-5-10-20-13/h1-5,10H,6-9H2,(H,18,19). The molecule has 2 aromatic rings. The van der Waals surface area contributed by atoms with Gasteiger partial charge in [-0.15, -0.1) is 0 Å². The largest absolute Gasteiger partial charge is 0.465 e. The lowest BCUT2D eigenvalue weighted by Gasteiger charge is -2.34. The van der Waals surface area contributed by atoms with E-state index in [4.69, 9.17) is 9.52 Å². The van der Waals surface area contributed by atoms with Crippen molar-refractivity contribution in [2.75, 3.05) is 31.1 Å². The third-order valence-electron chi connectivity index (χ3n) is 3.46. The Balaban J connectivity index is 1.68. The zero-order chi connectivity index (χ0) is 13.9. The molecule has 0 unspecified atom stereocenters. The van der Waals surface area contributed by atoms with Crippen LogP contribution in [0.5, 0.6) is 0 Å². The van der Waals surface area contributed by atoms with Gasteiger partial charge in [0.15, 0.2) is 0 Å². The summed E-state index contributed by atoms with van der Waals surface area (Å²) < 4.78 is 5.25. The molecule has 2 heterocycles. The Morgan fingerprint density at radius 3 is 2.40 bits per heavy atom. The van der Waals surface area contributed by atoms with Gasteiger partial charge >= 0.3 is 6.09 Å². The van der Waals surface area contributed by atoms with Gasteiger partial charge in [-0.05, 0) is 24.3 Å². The highest BCUT2D eigenvalue weighted by Gasteiger charge is 2.20. The second-order valence-electron chi connectivity index (χ2n) is 4.64. The molecule has 0 bridgehead atoms. The molecular weight excluding hydrogens is 258 g/mol. The molecule has 0 spiro atoms. The highest BCUT2D eigenvalue weighted by atomic mass is 16.4. The maximum absolute atomic E-state index is 10.9. The van der Waals surface area contributed by atoms with Crippen LogP contribution in [-0.2, 0) is 0 Å². The summed E-state index contributed by atoms with van der Waals surface area (Å²) in [6.45, 7) is 2.50. The third-order valence-corrected chi connectivity index (χ3v) is 3.46. The van der Waals surface area contributed by atoms with Crippen molar-refractivity contribution in [2.45, 2.75) is 0 Å². The molecule has 1 aromatic heterocycles. The smallest absolute Gasteiger partial charge is 0.407 e. The van der Waals surface area contributed by atoms with E-state index >= 15 is 0 Å². The molecule has 6 heteroatoms. The Morgan fingerprint density at radius 1 is 1.15 bits per heavy atom. The lowest BCUT2D eigenvalue weighted by atomic mass is 10.2. The summed E-state index contributed by atoms with van der Waals surface area (Å²) in [4.78, 5) is 18.6. The predicted octanol–water partition coefficient (Wildman–Crippen LogP) is 2.14. The molecule has 3 rings (SSSR count). The maximum atomic E-state index is 10.9. The van der Waals surface area contributed by atoms with Crippen LogP contribution in [0.2, 0.25) is 0 Å². The minimum atomic E-state index is -0.844. The molecular formula is C14H15N3O3. The Morgan fingerprint density at radius 2 is 1.85 bits per heavy atom. The Labute approximate surface area is 116 Å². The fourth-order valence-corrected chi connectivity index (χ4v) is 2.34. The van der Waals surface area contributed by atoms with Crippen LogP contribution in [0.25, 0.3) is 11.5 Å². The number of rotatable bonds is 2. The van der Waals surface area contributed by atoms with Gasteiger partial charge < -0.3 is 19.3 Å².